The first kappa shape index (κ1) is 30.0. The fourth-order valence-electron chi connectivity index (χ4n) is 3.89. The molecule has 0 radical (unpaired) electrons. The van der Waals surface area contributed by atoms with E-state index < -0.39 is 91.1 Å². The molecule has 5 atom stereocenters. The number of benzene rings is 2. The lowest BCUT2D eigenvalue weighted by atomic mass is 9.99. The monoisotopic (exact) mass is 622 g/mol. The van der Waals surface area contributed by atoms with Gasteiger partial charge in [0.25, 0.3) is 0 Å². The van der Waals surface area contributed by atoms with E-state index in [4.69, 9.17) is 18.4 Å². The minimum atomic E-state index is -5.53. The molecule has 18 nitrogen and oxygen atoms in total. The molecule has 0 aliphatic carbocycles. The molecule has 1 aliphatic heterocycles. The van der Waals surface area contributed by atoms with Crippen LogP contribution in [0.15, 0.2) is 45.6 Å². The highest BCUT2D eigenvalue weighted by Gasteiger charge is 2.54. The molecule has 41 heavy (non-hydrogen) atoms. The average molecular weight is 622 g/mol. The van der Waals surface area contributed by atoms with Gasteiger partial charge in [0.15, 0.2) is 29.0 Å². The van der Waals surface area contributed by atoms with Gasteiger partial charge in [-0.25, -0.2) is 13.2 Å². The van der Waals surface area contributed by atoms with E-state index in [0.717, 1.165) is 6.07 Å². The summed E-state index contributed by atoms with van der Waals surface area (Å²) in [6.07, 6.45) is -12.8. The van der Waals surface area contributed by atoms with Crippen LogP contribution in [0, 0.1) is 0 Å². The number of hydrogen-bond donors (Lipinski definition) is 7. The SMILES string of the molecule is O=C(O)[C@H]1O[C@@H](Oc2c(O)cc(O)c3c(=O)cc(-c4ccc(O)cc4)oc23)[C@H](OS(=O)(=O)O)[C@H](O)[C@@H]1OS(=O)(=O)O. The summed E-state index contributed by atoms with van der Waals surface area (Å²) in [6.45, 7) is 0. The molecule has 4 rings (SSSR count). The Bertz CT molecular complexity index is 1760. The Morgan fingerprint density at radius 1 is 0.878 bits per heavy atom. The number of hydrogen-bond acceptors (Lipinski definition) is 15. The number of aliphatic hydroxyl groups is 1. The van der Waals surface area contributed by atoms with Crippen LogP contribution in [-0.4, -0.2) is 88.1 Å². The summed E-state index contributed by atoms with van der Waals surface area (Å²) < 4.78 is 88.0. The number of aliphatic hydroxyl groups excluding tert-OH is 1. The maximum atomic E-state index is 12.8. The van der Waals surface area contributed by atoms with Gasteiger partial charge in [0.2, 0.25) is 12.0 Å². The Balaban J connectivity index is 1.87. The van der Waals surface area contributed by atoms with Crippen molar-refractivity contribution < 1.29 is 78.5 Å². The second-order valence-electron chi connectivity index (χ2n) is 8.32. The van der Waals surface area contributed by atoms with E-state index in [9.17, 15) is 56.5 Å². The minimum absolute atomic E-state index is 0.140. The van der Waals surface area contributed by atoms with Crippen LogP contribution < -0.4 is 10.2 Å². The quantitative estimate of drug-likeness (QED) is 0.156. The molecule has 20 heteroatoms. The Morgan fingerprint density at radius 2 is 1.46 bits per heavy atom. The number of rotatable bonds is 8. The van der Waals surface area contributed by atoms with Gasteiger partial charge in [-0.2, -0.15) is 16.8 Å². The van der Waals surface area contributed by atoms with Gasteiger partial charge >= 0.3 is 26.8 Å². The van der Waals surface area contributed by atoms with Crippen LogP contribution in [0.25, 0.3) is 22.3 Å². The summed E-state index contributed by atoms with van der Waals surface area (Å²) in [4.78, 5) is 24.6. The summed E-state index contributed by atoms with van der Waals surface area (Å²) in [5.74, 6) is -5.12. The zero-order chi connectivity index (χ0) is 30.4. The second kappa shape index (κ2) is 10.8. The number of fused-ring (bicyclic) bond motifs is 1. The van der Waals surface area contributed by atoms with Gasteiger partial charge < -0.3 is 39.4 Å². The first-order chi connectivity index (χ1) is 18.9. The normalized spacial score (nSPS) is 23.3. The molecule has 222 valence electrons. The molecule has 7 N–H and O–H groups in total. The number of aliphatic carboxylic acids is 1. The van der Waals surface area contributed by atoms with Crippen molar-refractivity contribution in [2.45, 2.75) is 30.7 Å². The first-order valence-corrected chi connectivity index (χ1v) is 13.5. The van der Waals surface area contributed by atoms with Gasteiger partial charge in [0.05, 0.1) is 0 Å². The van der Waals surface area contributed by atoms with E-state index in [1.54, 1.807) is 0 Å². The highest BCUT2D eigenvalue weighted by atomic mass is 32.3. The van der Waals surface area contributed by atoms with Crippen LogP contribution in [0.5, 0.6) is 23.0 Å². The fraction of sp³-hybridized carbons (Fsp3) is 0.238. The largest absolute Gasteiger partial charge is 0.508 e. The van der Waals surface area contributed by atoms with Crippen molar-refractivity contribution in [1.29, 1.82) is 0 Å². The lowest BCUT2D eigenvalue weighted by Gasteiger charge is -2.40. The second-order valence-corrected chi connectivity index (χ2v) is 10.4. The molecule has 1 aliphatic rings. The van der Waals surface area contributed by atoms with Crippen molar-refractivity contribution in [3.8, 4) is 34.3 Å². The van der Waals surface area contributed by atoms with Gasteiger partial charge in [-0.15, -0.1) is 0 Å². The molecule has 0 saturated carbocycles. The van der Waals surface area contributed by atoms with Crippen LogP contribution in [0.1, 0.15) is 0 Å². The van der Waals surface area contributed by atoms with E-state index in [1.165, 1.54) is 24.3 Å². The summed E-state index contributed by atoms with van der Waals surface area (Å²) in [5.41, 5.74) is -1.43. The van der Waals surface area contributed by atoms with E-state index >= 15 is 0 Å². The number of carbonyl (C=O) groups is 1. The summed E-state index contributed by atoms with van der Waals surface area (Å²) in [5, 5.41) is 49.8. The molecule has 1 fully saturated rings. The van der Waals surface area contributed by atoms with Gasteiger partial charge in [-0.1, -0.05) is 0 Å². The van der Waals surface area contributed by atoms with Crippen LogP contribution in [0.2, 0.25) is 0 Å². The first-order valence-electron chi connectivity index (χ1n) is 10.8. The lowest BCUT2D eigenvalue weighted by Crippen LogP contribution is -2.63. The van der Waals surface area contributed by atoms with Gasteiger partial charge in [0, 0.05) is 17.7 Å². The maximum absolute atomic E-state index is 12.8. The predicted octanol–water partition coefficient (Wildman–Crippen LogP) is -0.498. The molecule has 0 amide bonds. The fourth-order valence-corrected chi connectivity index (χ4v) is 4.87. The Hall–Kier alpha value is -4.02. The lowest BCUT2D eigenvalue weighted by molar-refractivity contribution is -0.261. The zero-order valence-electron chi connectivity index (χ0n) is 19.8. The number of phenolic OH excluding ortho intramolecular Hbond substituents is 3. The third-order valence-electron chi connectivity index (χ3n) is 5.53. The highest BCUT2D eigenvalue weighted by Crippen LogP contribution is 2.42. The molecule has 1 aromatic heterocycles. The smallest absolute Gasteiger partial charge is 0.397 e. The van der Waals surface area contributed by atoms with Crippen LogP contribution in [0.4, 0.5) is 0 Å². The van der Waals surface area contributed by atoms with Crippen LogP contribution in [0.3, 0.4) is 0 Å². The third kappa shape index (κ3) is 6.49. The van der Waals surface area contributed by atoms with Gasteiger partial charge in [0.1, 0.15) is 34.9 Å². The van der Waals surface area contributed by atoms with Crippen molar-refractivity contribution in [2.75, 3.05) is 0 Å². The van der Waals surface area contributed by atoms with E-state index in [2.05, 4.69) is 8.37 Å². The Morgan fingerprint density at radius 3 is 2.02 bits per heavy atom. The van der Waals surface area contributed by atoms with E-state index in [1.807, 2.05) is 0 Å². The van der Waals surface area contributed by atoms with Crippen molar-refractivity contribution in [1.82, 2.24) is 0 Å². The van der Waals surface area contributed by atoms with Gasteiger partial charge in [-0.05, 0) is 24.3 Å². The molecule has 0 spiro atoms. The van der Waals surface area contributed by atoms with E-state index in [-0.39, 0.29) is 17.1 Å². The minimum Gasteiger partial charge on any atom is -0.508 e. The maximum Gasteiger partial charge on any atom is 0.397 e. The third-order valence-corrected chi connectivity index (χ3v) is 6.46. The van der Waals surface area contributed by atoms with E-state index in [0.29, 0.717) is 6.07 Å². The molecular weight excluding hydrogens is 604 g/mol. The Kier molecular flexibility index (Phi) is 7.86. The van der Waals surface area contributed by atoms with Crippen molar-refractivity contribution in [3.63, 3.8) is 0 Å². The van der Waals surface area contributed by atoms with Crippen molar-refractivity contribution in [2.24, 2.45) is 0 Å². The molecule has 1 saturated heterocycles. The van der Waals surface area contributed by atoms with Crippen molar-refractivity contribution in [3.05, 3.63) is 46.6 Å². The summed E-state index contributed by atoms with van der Waals surface area (Å²) in [7, 11) is -11.0. The molecular formula is C21H18O18S2. The number of carboxylic acids is 1. The highest BCUT2D eigenvalue weighted by molar-refractivity contribution is 7.81. The van der Waals surface area contributed by atoms with Crippen molar-refractivity contribution >= 4 is 37.7 Å². The summed E-state index contributed by atoms with van der Waals surface area (Å²) >= 11 is 0. The standard InChI is InChI=1S/C21H18O18S2/c22-8-3-1-7(2-4-8)12-6-10(24)13-9(23)5-11(25)15(16(13)35-12)36-21-18(39-41(32,33)34)14(26)17(38-40(29,30)31)19(37-21)20(27)28/h1-6,14,17-19,21-23,25-26H,(H,27,28)(H,29,30,31)(H,32,33,34)/t14-,17+,18-,19+,21-/m1/s1. The number of ether oxygens (including phenoxy) is 2. The summed E-state index contributed by atoms with van der Waals surface area (Å²) in [6, 6.07) is 6.65. The zero-order valence-corrected chi connectivity index (χ0v) is 21.4. The Labute approximate surface area is 228 Å². The molecule has 2 heterocycles. The number of aromatic hydroxyl groups is 3. The van der Waals surface area contributed by atoms with Crippen LogP contribution in [-0.2, 0) is 38.7 Å². The number of phenols is 3. The number of carboxylic acid groups (broad SMARTS) is 1. The average Bonchev–Trinajstić information content (AvgIpc) is 2.83. The predicted molar refractivity (Wildman–Crippen MR) is 129 cm³/mol. The molecule has 0 bridgehead atoms. The molecule has 2 aromatic carbocycles. The topological polar surface area (TPSA) is 294 Å². The van der Waals surface area contributed by atoms with Gasteiger partial charge in [-0.3, -0.25) is 13.9 Å². The molecule has 3 aromatic rings. The van der Waals surface area contributed by atoms with Crippen LogP contribution >= 0.6 is 0 Å². The molecule has 0 unspecified atom stereocenters.